The highest BCUT2D eigenvalue weighted by molar-refractivity contribution is 5.94. The fraction of sp³-hybridized carbons (Fsp3) is 0.458. The maximum atomic E-state index is 15.3. The van der Waals surface area contributed by atoms with Crippen molar-refractivity contribution < 1.29 is 9.18 Å². The van der Waals surface area contributed by atoms with E-state index in [1.807, 2.05) is 11.8 Å². The first-order valence-corrected chi connectivity index (χ1v) is 11.2. The van der Waals surface area contributed by atoms with E-state index in [9.17, 15) is 4.79 Å². The zero-order valence-corrected chi connectivity index (χ0v) is 18.4. The number of nitrogens with zero attached hydrogens (tertiary/aromatic N) is 6. The van der Waals surface area contributed by atoms with Crippen molar-refractivity contribution >= 4 is 5.91 Å². The van der Waals surface area contributed by atoms with Crippen molar-refractivity contribution in [2.75, 3.05) is 6.54 Å². The molecule has 2 fully saturated rings. The van der Waals surface area contributed by atoms with Crippen molar-refractivity contribution in [2.45, 2.75) is 51.2 Å². The molecule has 3 aromatic rings. The summed E-state index contributed by atoms with van der Waals surface area (Å²) >= 11 is 0. The predicted molar refractivity (Wildman–Crippen MR) is 117 cm³/mol. The lowest BCUT2D eigenvalue weighted by Gasteiger charge is -2.29. The maximum absolute atomic E-state index is 15.3. The lowest BCUT2D eigenvalue weighted by Crippen LogP contribution is -2.37. The van der Waals surface area contributed by atoms with Gasteiger partial charge in [0.1, 0.15) is 12.0 Å². The Balaban J connectivity index is 1.46. The topological polar surface area (TPSA) is 76.8 Å². The number of carbonyl (C=O) groups excluding carboxylic acids is 1. The second-order valence-corrected chi connectivity index (χ2v) is 9.09. The number of alkyl halides is 1. The van der Waals surface area contributed by atoms with E-state index in [0.717, 1.165) is 25.7 Å². The van der Waals surface area contributed by atoms with Gasteiger partial charge in [0.15, 0.2) is 5.82 Å². The third-order valence-electron chi connectivity index (χ3n) is 6.59. The fourth-order valence-corrected chi connectivity index (χ4v) is 4.21. The van der Waals surface area contributed by atoms with Crippen LogP contribution in [0, 0.1) is 11.8 Å². The summed E-state index contributed by atoms with van der Waals surface area (Å²) in [6, 6.07) is 8.44. The molecule has 1 aromatic carbocycles. The molecule has 5 rings (SSSR count). The first-order valence-electron chi connectivity index (χ1n) is 11.2. The molecule has 7 nitrogen and oxygen atoms in total. The Morgan fingerprint density at radius 2 is 1.94 bits per heavy atom. The van der Waals surface area contributed by atoms with Crippen molar-refractivity contribution in [3.8, 4) is 5.95 Å². The SMILES string of the molecule is CC(c1ncnn1-c1ncccn1)N(CC1CC1)C(=O)c1cccc(C(C)(F)C2CC2)c1. The molecule has 166 valence electrons. The average molecular weight is 435 g/mol. The lowest BCUT2D eigenvalue weighted by molar-refractivity contribution is 0.0670. The highest BCUT2D eigenvalue weighted by Gasteiger charge is 2.43. The molecule has 0 N–H and O–H groups in total. The van der Waals surface area contributed by atoms with Crippen LogP contribution in [-0.4, -0.2) is 42.1 Å². The highest BCUT2D eigenvalue weighted by atomic mass is 19.1. The number of amides is 1. The number of carbonyl (C=O) groups is 1. The largest absolute Gasteiger partial charge is 0.328 e. The van der Waals surface area contributed by atoms with Gasteiger partial charge in [-0.15, -0.1) is 0 Å². The van der Waals surface area contributed by atoms with Crippen LogP contribution in [0.4, 0.5) is 4.39 Å². The second-order valence-electron chi connectivity index (χ2n) is 9.09. The summed E-state index contributed by atoms with van der Waals surface area (Å²) < 4.78 is 16.9. The van der Waals surface area contributed by atoms with Crippen molar-refractivity contribution in [2.24, 2.45) is 11.8 Å². The summed E-state index contributed by atoms with van der Waals surface area (Å²) in [7, 11) is 0. The van der Waals surface area contributed by atoms with Crippen molar-refractivity contribution in [1.82, 2.24) is 29.6 Å². The number of rotatable bonds is 8. The van der Waals surface area contributed by atoms with E-state index >= 15 is 4.39 Å². The smallest absolute Gasteiger partial charge is 0.254 e. The van der Waals surface area contributed by atoms with Crippen LogP contribution in [0.1, 0.15) is 67.3 Å². The summed E-state index contributed by atoms with van der Waals surface area (Å²) in [5, 5.41) is 4.28. The van der Waals surface area contributed by atoms with Gasteiger partial charge in [0, 0.05) is 24.5 Å². The molecule has 0 spiro atoms. The maximum Gasteiger partial charge on any atom is 0.254 e. The van der Waals surface area contributed by atoms with Crippen molar-refractivity contribution in [3.63, 3.8) is 0 Å². The molecule has 32 heavy (non-hydrogen) atoms. The number of hydrogen-bond donors (Lipinski definition) is 0. The van der Waals surface area contributed by atoms with E-state index in [4.69, 9.17) is 0 Å². The first-order chi connectivity index (χ1) is 15.4. The Hall–Kier alpha value is -3.16. The van der Waals surface area contributed by atoms with Gasteiger partial charge in [-0.2, -0.15) is 9.78 Å². The van der Waals surface area contributed by atoms with Gasteiger partial charge in [-0.3, -0.25) is 4.79 Å². The second kappa shape index (κ2) is 8.07. The molecule has 8 heteroatoms. The molecule has 0 saturated heterocycles. The van der Waals surface area contributed by atoms with Crippen LogP contribution in [0.3, 0.4) is 0 Å². The normalized spacial score (nSPS) is 18.7. The molecular formula is C24H27FN6O. The van der Waals surface area contributed by atoms with Gasteiger partial charge in [-0.1, -0.05) is 12.1 Å². The highest BCUT2D eigenvalue weighted by Crippen LogP contribution is 2.48. The van der Waals surface area contributed by atoms with E-state index in [2.05, 4.69) is 20.1 Å². The third-order valence-corrected chi connectivity index (χ3v) is 6.59. The van der Waals surface area contributed by atoms with Crippen molar-refractivity contribution in [3.05, 3.63) is 66.0 Å². The van der Waals surface area contributed by atoms with Crippen molar-refractivity contribution in [1.29, 1.82) is 0 Å². The summed E-state index contributed by atoms with van der Waals surface area (Å²) in [6.07, 6.45) is 8.74. The van der Waals surface area contributed by atoms with Gasteiger partial charge in [-0.25, -0.2) is 19.3 Å². The van der Waals surface area contributed by atoms with Gasteiger partial charge in [0.2, 0.25) is 0 Å². The van der Waals surface area contributed by atoms with Gasteiger partial charge < -0.3 is 4.90 Å². The summed E-state index contributed by atoms with van der Waals surface area (Å²) in [6.45, 7) is 4.19. The van der Waals surface area contributed by atoms with E-state index in [1.54, 1.807) is 54.3 Å². The van der Waals surface area contributed by atoms with Gasteiger partial charge >= 0.3 is 0 Å². The fourth-order valence-electron chi connectivity index (χ4n) is 4.21. The number of benzene rings is 1. The third kappa shape index (κ3) is 4.01. The number of aromatic nitrogens is 5. The van der Waals surface area contributed by atoms with Crippen LogP contribution in [0.25, 0.3) is 5.95 Å². The molecule has 0 aliphatic heterocycles. The minimum Gasteiger partial charge on any atom is -0.328 e. The van der Waals surface area contributed by atoms with E-state index in [-0.39, 0.29) is 17.9 Å². The molecule has 2 unspecified atom stereocenters. The molecule has 0 radical (unpaired) electrons. The summed E-state index contributed by atoms with van der Waals surface area (Å²) in [5.41, 5.74) is -0.332. The standard InChI is InChI=1S/C24H27FN6O/c1-16(21-28-15-29-31(21)23-26-11-4-12-27-23)30(14-17-7-8-17)22(32)18-5-3-6-20(13-18)24(2,25)19-9-10-19/h3-6,11-13,15-17,19H,7-10,14H2,1-2H3. The molecule has 2 atom stereocenters. The van der Waals surface area contributed by atoms with Gasteiger partial charge in [-0.05, 0) is 75.1 Å². The first kappa shape index (κ1) is 20.7. The quantitative estimate of drug-likeness (QED) is 0.529. The van der Waals surface area contributed by atoms with Crippen LogP contribution >= 0.6 is 0 Å². The molecule has 2 saturated carbocycles. The Kier molecular flexibility index (Phi) is 5.23. The number of hydrogen-bond acceptors (Lipinski definition) is 5. The van der Waals surface area contributed by atoms with Gasteiger partial charge in [0.05, 0.1) is 6.04 Å². The lowest BCUT2D eigenvalue weighted by atomic mass is 9.91. The number of halogens is 1. The Morgan fingerprint density at radius 3 is 2.62 bits per heavy atom. The Morgan fingerprint density at radius 1 is 1.19 bits per heavy atom. The molecule has 2 heterocycles. The minimum atomic E-state index is -1.41. The molecule has 2 aliphatic carbocycles. The van der Waals surface area contributed by atoms with E-state index < -0.39 is 5.67 Å². The average Bonchev–Trinajstić information content (AvgIpc) is 3.75. The Bertz CT molecular complexity index is 1110. The van der Waals surface area contributed by atoms with Crippen LogP contribution in [0.2, 0.25) is 0 Å². The molecule has 2 aromatic heterocycles. The summed E-state index contributed by atoms with van der Waals surface area (Å²) in [4.78, 5) is 28.5. The van der Waals surface area contributed by atoms with Crippen LogP contribution in [0.15, 0.2) is 49.1 Å². The zero-order valence-electron chi connectivity index (χ0n) is 18.4. The van der Waals surface area contributed by atoms with E-state index in [1.165, 1.54) is 6.33 Å². The molecular weight excluding hydrogens is 407 g/mol. The Labute approximate surface area is 186 Å². The molecule has 2 aliphatic rings. The van der Waals surface area contributed by atoms with Gasteiger partial charge in [0.25, 0.3) is 11.9 Å². The molecule has 0 bridgehead atoms. The van der Waals surface area contributed by atoms with E-state index in [0.29, 0.717) is 35.4 Å². The zero-order chi connectivity index (χ0) is 22.3. The van der Waals surface area contributed by atoms with Crippen LogP contribution in [-0.2, 0) is 5.67 Å². The summed E-state index contributed by atoms with van der Waals surface area (Å²) in [5.74, 6) is 1.40. The monoisotopic (exact) mass is 434 g/mol. The van der Waals surface area contributed by atoms with Crippen LogP contribution in [0.5, 0.6) is 0 Å². The minimum absolute atomic E-state index is 0.0405. The predicted octanol–water partition coefficient (Wildman–Crippen LogP) is 4.27. The van der Waals surface area contributed by atoms with Crippen LogP contribution < -0.4 is 0 Å². The molecule has 1 amide bonds.